The van der Waals surface area contributed by atoms with E-state index in [9.17, 15) is 18.4 Å². The summed E-state index contributed by atoms with van der Waals surface area (Å²) in [4.78, 5) is 30.2. The Labute approximate surface area is 137 Å². The van der Waals surface area contributed by atoms with Crippen LogP contribution < -0.4 is 5.32 Å². The van der Waals surface area contributed by atoms with Gasteiger partial charge in [0.1, 0.15) is 17.3 Å². The van der Waals surface area contributed by atoms with Gasteiger partial charge >= 0.3 is 0 Å². The molecule has 1 saturated heterocycles. The maximum atomic E-state index is 13.6. The number of hydrogen-bond acceptors (Lipinski definition) is 3. The Hall–Kier alpha value is -2.83. The number of nitrogens with zero attached hydrogens (tertiary/aromatic N) is 2. The van der Waals surface area contributed by atoms with Gasteiger partial charge in [-0.2, -0.15) is 0 Å². The maximum absolute atomic E-state index is 13.6. The molecular formula is C17H15F2N3O2. The minimum absolute atomic E-state index is 0.134. The molecule has 7 heteroatoms. The van der Waals surface area contributed by atoms with E-state index < -0.39 is 17.5 Å². The fourth-order valence-corrected chi connectivity index (χ4v) is 2.56. The SMILES string of the molecule is O=C(Nc1ccc(F)cc1F)c1ccnc(C(=O)N2CCCC2)c1. The van der Waals surface area contributed by atoms with Gasteiger partial charge in [-0.25, -0.2) is 8.78 Å². The molecule has 2 aromatic rings. The number of hydrogen-bond donors (Lipinski definition) is 1. The second-order valence-electron chi connectivity index (χ2n) is 5.51. The fourth-order valence-electron chi connectivity index (χ4n) is 2.56. The molecule has 0 aliphatic carbocycles. The smallest absolute Gasteiger partial charge is 0.272 e. The summed E-state index contributed by atoms with van der Waals surface area (Å²) in [6.45, 7) is 1.36. The lowest BCUT2D eigenvalue weighted by Gasteiger charge is -2.14. The Balaban J connectivity index is 1.77. The number of carbonyl (C=O) groups is 2. The number of pyridine rings is 1. The van der Waals surface area contributed by atoms with Gasteiger partial charge in [0.2, 0.25) is 0 Å². The van der Waals surface area contributed by atoms with Crippen LogP contribution in [0.5, 0.6) is 0 Å². The summed E-state index contributed by atoms with van der Waals surface area (Å²) < 4.78 is 26.5. The molecule has 0 spiro atoms. The third-order valence-corrected chi connectivity index (χ3v) is 3.81. The summed E-state index contributed by atoms with van der Waals surface area (Å²) in [5.74, 6) is -2.42. The monoisotopic (exact) mass is 331 g/mol. The first kappa shape index (κ1) is 16.0. The van der Waals surface area contributed by atoms with Crippen LogP contribution in [0.15, 0.2) is 36.5 Å². The molecule has 1 aromatic heterocycles. The number of anilines is 1. The first-order valence-corrected chi connectivity index (χ1v) is 7.56. The molecule has 0 atom stereocenters. The molecular weight excluding hydrogens is 316 g/mol. The van der Waals surface area contributed by atoms with Crippen LogP contribution >= 0.6 is 0 Å². The summed E-state index contributed by atoms with van der Waals surface area (Å²) in [7, 11) is 0. The van der Waals surface area contributed by atoms with E-state index >= 15 is 0 Å². The van der Waals surface area contributed by atoms with Crippen molar-refractivity contribution in [2.45, 2.75) is 12.8 Å². The highest BCUT2D eigenvalue weighted by atomic mass is 19.1. The summed E-state index contributed by atoms with van der Waals surface area (Å²) in [6, 6.07) is 5.67. The van der Waals surface area contributed by atoms with Gasteiger partial charge in [0.05, 0.1) is 5.69 Å². The molecule has 1 aliphatic heterocycles. The molecule has 0 bridgehead atoms. The Bertz CT molecular complexity index is 789. The van der Waals surface area contributed by atoms with Gasteiger partial charge in [-0.1, -0.05) is 0 Å². The number of halogens is 2. The van der Waals surface area contributed by atoms with Crippen LogP contribution in [0, 0.1) is 11.6 Å². The van der Waals surface area contributed by atoms with Crippen molar-refractivity contribution in [1.82, 2.24) is 9.88 Å². The van der Waals surface area contributed by atoms with Crippen molar-refractivity contribution < 1.29 is 18.4 Å². The molecule has 3 rings (SSSR count). The van der Waals surface area contributed by atoms with E-state index in [1.165, 1.54) is 18.3 Å². The lowest BCUT2D eigenvalue weighted by atomic mass is 10.2. The average Bonchev–Trinajstić information content (AvgIpc) is 3.11. The van der Waals surface area contributed by atoms with Crippen molar-refractivity contribution in [3.63, 3.8) is 0 Å². The Morgan fingerprint density at radius 1 is 1.08 bits per heavy atom. The summed E-state index contributed by atoms with van der Waals surface area (Å²) in [6.07, 6.45) is 3.27. The van der Waals surface area contributed by atoms with E-state index in [-0.39, 0.29) is 22.9 Å². The molecule has 1 fully saturated rings. The largest absolute Gasteiger partial charge is 0.337 e. The first-order valence-electron chi connectivity index (χ1n) is 7.56. The summed E-state index contributed by atoms with van der Waals surface area (Å²) in [5, 5.41) is 2.36. The van der Waals surface area contributed by atoms with Crippen molar-refractivity contribution in [2.24, 2.45) is 0 Å². The number of rotatable bonds is 3. The van der Waals surface area contributed by atoms with Crippen LogP contribution in [-0.4, -0.2) is 34.8 Å². The molecule has 1 aromatic carbocycles. The highest BCUT2D eigenvalue weighted by Gasteiger charge is 2.21. The molecule has 0 radical (unpaired) electrons. The first-order chi connectivity index (χ1) is 11.5. The van der Waals surface area contributed by atoms with Crippen LogP contribution in [0.2, 0.25) is 0 Å². The Morgan fingerprint density at radius 2 is 1.83 bits per heavy atom. The van der Waals surface area contributed by atoms with Crippen molar-refractivity contribution in [1.29, 1.82) is 0 Å². The fraction of sp³-hybridized carbons (Fsp3) is 0.235. The second kappa shape index (κ2) is 6.74. The van der Waals surface area contributed by atoms with Gasteiger partial charge in [0, 0.05) is 30.9 Å². The minimum atomic E-state index is -0.870. The molecule has 1 aliphatic rings. The highest BCUT2D eigenvalue weighted by molar-refractivity contribution is 6.05. The molecule has 2 amide bonds. The van der Waals surface area contributed by atoms with E-state index in [0.717, 1.165) is 25.0 Å². The van der Waals surface area contributed by atoms with Crippen molar-refractivity contribution in [2.75, 3.05) is 18.4 Å². The quantitative estimate of drug-likeness (QED) is 0.941. The molecule has 0 unspecified atom stereocenters. The van der Waals surface area contributed by atoms with Gasteiger partial charge in [0.25, 0.3) is 11.8 Å². The summed E-state index contributed by atoms with van der Waals surface area (Å²) in [5.41, 5.74) is 0.214. The number of likely N-dealkylation sites (tertiary alicyclic amines) is 1. The van der Waals surface area contributed by atoms with Gasteiger partial charge in [-0.15, -0.1) is 0 Å². The van der Waals surface area contributed by atoms with Crippen LogP contribution in [0.4, 0.5) is 14.5 Å². The normalized spacial score (nSPS) is 13.8. The minimum Gasteiger partial charge on any atom is -0.337 e. The Morgan fingerprint density at radius 3 is 2.54 bits per heavy atom. The molecule has 24 heavy (non-hydrogen) atoms. The van der Waals surface area contributed by atoms with Crippen molar-refractivity contribution in [3.05, 3.63) is 59.4 Å². The van der Waals surface area contributed by atoms with Crippen LogP contribution in [0.3, 0.4) is 0 Å². The number of aromatic nitrogens is 1. The van der Waals surface area contributed by atoms with E-state index in [2.05, 4.69) is 10.3 Å². The van der Waals surface area contributed by atoms with E-state index in [1.807, 2.05) is 0 Å². The number of benzene rings is 1. The average molecular weight is 331 g/mol. The topological polar surface area (TPSA) is 62.3 Å². The van der Waals surface area contributed by atoms with Gasteiger partial charge < -0.3 is 10.2 Å². The predicted molar refractivity (Wildman–Crippen MR) is 83.7 cm³/mol. The van der Waals surface area contributed by atoms with Crippen LogP contribution in [-0.2, 0) is 0 Å². The molecule has 0 saturated carbocycles. The number of carbonyl (C=O) groups excluding carboxylic acids is 2. The van der Waals surface area contributed by atoms with Gasteiger partial charge in [0.15, 0.2) is 0 Å². The molecule has 1 N–H and O–H groups in total. The lowest BCUT2D eigenvalue weighted by molar-refractivity contribution is 0.0787. The van der Waals surface area contributed by atoms with Gasteiger partial charge in [-0.05, 0) is 37.1 Å². The highest BCUT2D eigenvalue weighted by Crippen LogP contribution is 2.17. The zero-order chi connectivity index (χ0) is 17.1. The zero-order valence-electron chi connectivity index (χ0n) is 12.8. The van der Waals surface area contributed by atoms with Crippen molar-refractivity contribution >= 4 is 17.5 Å². The molecule has 5 nitrogen and oxygen atoms in total. The van der Waals surface area contributed by atoms with E-state index in [1.54, 1.807) is 4.90 Å². The zero-order valence-corrected chi connectivity index (χ0v) is 12.8. The standard InChI is InChI=1S/C17H15F2N3O2/c18-12-3-4-14(13(19)10-12)21-16(23)11-5-6-20-15(9-11)17(24)22-7-1-2-8-22/h3-6,9-10H,1-2,7-8H2,(H,21,23). The lowest BCUT2D eigenvalue weighted by Crippen LogP contribution is -2.28. The maximum Gasteiger partial charge on any atom is 0.272 e. The van der Waals surface area contributed by atoms with Crippen molar-refractivity contribution in [3.8, 4) is 0 Å². The van der Waals surface area contributed by atoms with Crippen LogP contribution in [0.1, 0.15) is 33.7 Å². The number of nitrogens with one attached hydrogen (secondary N) is 1. The van der Waals surface area contributed by atoms with E-state index in [4.69, 9.17) is 0 Å². The number of amides is 2. The summed E-state index contributed by atoms with van der Waals surface area (Å²) >= 11 is 0. The molecule has 124 valence electrons. The second-order valence-corrected chi connectivity index (χ2v) is 5.51. The third kappa shape index (κ3) is 3.40. The molecule has 2 heterocycles. The van der Waals surface area contributed by atoms with E-state index in [0.29, 0.717) is 19.2 Å². The van der Waals surface area contributed by atoms with Gasteiger partial charge in [-0.3, -0.25) is 14.6 Å². The van der Waals surface area contributed by atoms with Crippen LogP contribution in [0.25, 0.3) is 0 Å². The predicted octanol–water partition coefficient (Wildman–Crippen LogP) is 2.85. The Kier molecular flexibility index (Phi) is 4.50. The third-order valence-electron chi connectivity index (χ3n) is 3.81.